The molecule has 0 aromatic heterocycles. The van der Waals surface area contributed by atoms with Crippen molar-refractivity contribution in [1.29, 1.82) is 0 Å². The molecule has 1 fully saturated rings. The second-order valence-corrected chi connectivity index (χ2v) is 1.47. The van der Waals surface area contributed by atoms with Crippen LogP contribution in [-0.4, -0.2) is 33.8 Å². The van der Waals surface area contributed by atoms with Crippen LogP contribution in [0, 0.1) is 0 Å². The van der Waals surface area contributed by atoms with Gasteiger partial charge in [0, 0.05) is 0 Å². The highest BCUT2D eigenvalue weighted by atomic mass is 16.6. The second-order valence-electron chi connectivity index (χ2n) is 1.47. The lowest BCUT2D eigenvalue weighted by atomic mass is 10.6. The molecule has 6 nitrogen and oxygen atoms in total. The van der Waals surface area contributed by atoms with Gasteiger partial charge in [-0.1, -0.05) is 0 Å². The quantitative estimate of drug-likeness (QED) is 0.305. The van der Waals surface area contributed by atoms with Gasteiger partial charge in [-0.15, -0.1) is 10.3 Å². The highest BCUT2D eigenvalue weighted by Gasteiger charge is 2.09. The SMILES string of the molecule is ON1CCN(O)NN1. The lowest BCUT2D eigenvalue weighted by Gasteiger charge is -2.27. The van der Waals surface area contributed by atoms with E-state index in [1.165, 1.54) is 0 Å². The summed E-state index contributed by atoms with van der Waals surface area (Å²) in [6.45, 7) is 0.729. The van der Waals surface area contributed by atoms with E-state index in [1.54, 1.807) is 0 Å². The van der Waals surface area contributed by atoms with E-state index in [2.05, 4.69) is 11.1 Å². The Bertz CT molecular complexity index is 60.4. The van der Waals surface area contributed by atoms with Crippen LogP contribution in [0.3, 0.4) is 0 Å². The van der Waals surface area contributed by atoms with Gasteiger partial charge in [0.25, 0.3) is 0 Å². The molecule has 4 N–H and O–H groups in total. The predicted octanol–water partition coefficient (Wildman–Crippen LogP) is -1.69. The Labute approximate surface area is 46.1 Å². The minimum absolute atomic E-state index is 0.365. The number of hydrazine groups is 3. The van der Waals surface area contributed by atoms with E-state index in [1.807, 2.05) is 0 Å². The molecule has 0 aliphatic carbocycles. The number of hydrogen-bond donors (Lipinski definition) is 4. The van der Waals surface area contributed by atoms with Gasteiger partial charge in [-0.2, -0.15) is 11.1 Å². The van der Waals surface area contributed by atoms with Crippen LogP contribution in [0.1, 0.15) is 0 Å². The van der Waals surface area contributed by atoms with Crippen molar-refractivity contribution in [3.05, 3.63) is 0 Å². The van der Waals surface area contributed by atoms with Crippen molar-refractivity contribution in [2.45, 2.75) is 0 Å². The van der Waals surface area contributed by atoms with Crippen LogP contribution < -0.4 is 11.1 Å². The van der Waals surface area contributed by atoms with E-state index < -0.39 is 0 Å². The molecule has 1 saturated heterocycles. The Morgan fingerprint density at radius 1 is 1.00 bits per heavy atom. The van der Waals surface area contributed by atoms with E-state index in [0.29, 0.717) is 13.1 Å². The molecule has 0 atom stereocenters. The van der Waals surface area contributed by atoms with Gasteiger partial charge in [-0.25, -0.2) is 0 Å². The van der Waals surface area contributed by atoms with Gasteiger partial charge in [0.1, 0.15) is 0 Å². The fourth-order valence-electron chi connectivity index (χ4n) is 0.417. The second kappa shape index (κ2) is 2.35. The molecule has 0 bridgehead atoms. The molecule has 0 aromatic carbocycles. The number of hydrogen-bond acceptors (Lipinski definition) is 6. The molecule has 1 aliphatic heterocycles. The molecule has 0 unspecified atom stereocenters. The maximum absolute atomic E-state index is 8.55. The Balaban J connectivity index is 2.19. The van der Waals surface area contributed by atoms with Crippen LogP contribution in [0.25, 0.3) is 0 Å². The molecule has 8 heavy (non-hydrogen) atoms. The molecule has 1 aliphatic rings. The van der Waals surface area contributed by atoms with Gasteiger partial charge in [0.15, 0.2) is 0 Å². The molecule has 0 amide bonds. The summed E-state index contributed by atoms with van der Waals surface area (Å²) in [6, 6.07) is 0. The Morgan fingerprint density at radius 2 is 1.38 bits per heavy atom. The Morgan fingerprint density at radius 3 is 1.62 bits per heavy atom. The van der Waals surface area contributed by atoms with Crippen LogP contribution in [0.4, 0.5) is 0 Å². The zero-order valence-electron chi connectivity index (χ0n) is 4.20. The van der Waals surface area contributed by atoms with Crippen LogP contribution in [0.5, 0.6) is 0 Å². The minimum atomic E-state index is 0.365. The standard InChI is InChI=1S/C2H8N4O2/c7-5-1-2-6(8)4-3-5/h3-4,7-8H,1-2H2. The first-order chi connectivity index (χ1) is 3.79. The zero-order valence-corrected chi connectivity index (χ0v) is 4.20. The van der Waals surface area contributed by atoms with Gasteiger partial charge >= 0.3 is 0 Å². The monoisotopic (exact) mass is 120 g/mol. The smallest absolute Gasteiger partial charge is 0.0579 e. The fourth-order valence-corrected chi connectivity index (χ4v) is 0.417. The largest absolute Gasteiger partial charge is 0.298 e. The van der Waals surface area contributed by atoms with Gasteiger partial charge in [-0.3, -0.25) is 10.4 Å². The van der Waals surface area contributed by atoms with Crippen LogP contribution >= 0.6 is 0 Å². The summed E-state index contributed by atoms with van der Waals surface area (Å²) in [5.74, 6) is 0. The van der Waals surface area contributed by atoms with Crippen molar-refractivity contribution in [3.8, 4) is 0 Å². The molecular weight excluding hydrogens is 112 g/mol. The summed E-state index contributed by atoms with van der Waals surface area (Å²) in [6.07, 6.45) is 0. The van der Waals surface area contributed by atoms with Gasteiger partial charge in [0.05, 0.1) is 13.1 Å². The maximum atomic E-state index is 8.55. The van der Waals surface area contributed by atoms with Crippen molar-refractivity contribution in [2.75, 3.05) is 13.1 Å². The number of hydroxylamine groups is 2. The topological polar surface area (TPSA) is 71.0 Å². The van der Waals surface area contributed by atoms with Crippen LogP contribution in [-0.2, 0) is 0 Å². The highest BCUT2D eigenvalue weighted by molar-refractivity contribution is 4.42. The van der Waals surface area contributed by atoms with E-state index in [4.69, 9.17) is 10.4 Å². The van der Waals surface area contributed by atoms with E-state index in [0.717, 1.165) is 10.3 Å². The molecule has 48 valence electrons. The van der Waals surface area contributed by atoms with Crippen molar-refractivity contribution in [2.24, 2.45) is 0 Å². The molecule has 0 spiro atoms. The first kappa shape index (κ1) is 5.89. The summed E-state index contributed by atoms with van der Waals surface area (Å²) in [4.78, 5) is 0. The summed E-state index contributed by atoms with van der Waals surface area (Å²) in [5.41, 5.74) is 4.49. The molecule has 0 saturated carbocycles. The normalized spacial score (nSPS) is 26.2. The van der Waals surface area contributed by atoms with Crippen LogP contribution in [0.2, 0.25) is 0 Å². The van der Waals surface area contributed by atoms with Gasteiger partial charge in [-0.05, 0) is 0 Å². The average molecular weight is 120 g/mol. The van der Waals surface area contributed by atoms with Crippen molar-refractivity contribution in [3.63, 3.8) is 0 Å². The lowest BCUT2D eigenvalue weighted by molar-refractivity contribution is -0.266. The molecule has 0 radical (unpaired) electrons. The van der Waals surface area contributed by atoms with Crippen LogP contribution in [0.15, 0.2) is 0 Å². The third-order valence-electron chi connectivity index (χ3n) is 0.832. The predicted molar refractivity (Wildman–Crippen MR) is 23.3 cm³/mol. The van der Waals surface area contributed by atoms with E-state index in [9.17, 15) is 0 Å². The summed E-state index contributed by atoms with van der Waals surface area (Å²) in [7, 11) is 0. The molecular formula is C2H8N4O2. The Hall–Kier alpha value is -0.240. The Kier molecular flexibility index (Phi) is 1.73. The van der Waals surface area contributed by atoms with Crippen molar-refractivity contribution >= 4 is 0 Å². The zero-order chi connectivity index (χ0) is 5.98. The van der Waals surface area contributed by atoms with E-state index >= 15 is 0 Å². The van der Waals surface area contributed by atoms with Gasteiger partial charge in [0.2, 0.25) is 0 Å². The molecule has 1 rings (SSSR count). The number of nitrogens with one attached hydrogen (secondary N) is 2. The third-order valence-corrected chi connectivity index (χ3v) is 0.832. The molecule has 0 aromatic rings. The average Bonchev–Trinajstić information content (AvgIpc) is 1.77. The third kappa shape index (κ3) is 1.37. The van der Waals surface area contributed by atoms with Crippen molar-refractivity contribution in [1.82, 2.24) is 21.4 Å². The number of rotatable bonds is 0. The minimum Gasteiger partial charge on any atom is -0.298 e. The first-order valence-electron chi connectivity index (χ1n) is 2.23. The van der Waals surface area contributed by atoms with Crippen molar-refractivity contribution < 1.29 is 10.4 Å². The van der Waals surface area contributed by atoms with Gasteiger partial charge < -0.3 is 0 Å². The molecule has 1 heterocycles. The summed E-state index contributed by atoms with van der Waals surface area (Å²) >= 11 is 0. The highest BCUT2D eigenvalue weighted by Crippen LogP contribution is 1.81. The number of nitrogens with zero attached hydrogens (tertiary/aromatic N) is 2. The first-order valence-corrected chi connectivity index (χ1v) is 2.23. The van der Waals surface area contributed by atoms with E-state index in [-0.39, 0.29) is 0 Å². The maximum Gasteiger partial charge on any atom is 0.0579 e. The fraction of sp³-hybridized carbons (Fsp3) is 1.00. The summed E-state index contributed by atoms with van der Waals surface area (Å²) < 4.78 is 0. The lowest BCUT2D eigenvalue weighted by Crippen LogP contribution is -2.60. The summed E-state index contributed by atoms with van der Waals surface area (Å²) in [5, 5.41) is 18.8. The molecule has 6 heteroatoms.